The van der Waals surface area contributed by atoms with E-state index in [1.165, 1.54) is 129 Å². The maximum absolute atomic E-state index is 8.44. The average Bonchev–Trinajstić information content (AvgIpc) is 2.98. The fourth-order valence-corrected chi connectivity index (χ4v) is 7.18. The topological polar surface area (TPSA) is 60.4 Å². The van der Waals surface area contributed by atoms with Crippen molar-refractivity contribution in [2.75, 3.05) is 0 Å². The fraction of sp³-hybridized carbons (Fsp3) is 0.486. The van der Waals surface area contributed by atoms with Crippen molar-refractivity contribution in [2.24, 2.45) is 0 Å². The van der Waals surface area contributed by atoms with Gasteiger partial charge >= 0.3 is 0 Å². The Labute approximate surface area is 252 Å². The van der Waals surface area contributed by atoms with Crippen LogP contribution in [-0.4, -0.2) is 11.3 Å². The molecule has 4 heteroatoms. The van der Waals surface area contributed by atoms with E-state index in [1.807, 2.05) is 0 Å². The van der Waals surface area contributed by atoms with E-state index in [4.69, 9.17) is 15.0 Å². The molecule has 0 heterocycles. The van der Waals surface area contributed by atoms with Crippen molar-refractivity contribution in [1.29, 1.82) is 0 Å². The van der Waals surface area contributed by atoms with Crippen molar-refractivity contribution < 1.29 is 15.0 Å². The van der Waals surface area contributed by atoms with Crippen LogP contribution in [0.4, 0.5) is 4.79 Å². The number of unbranched alkanes of at least 4 members (excludes halogenated alkanes) is 12. The Morgan fingerprint density at radius 1 is 0.537 bits per heavy atom. The Hall–Kier alpha value is -2.72. The summed E-state index contributed by atoms with van der Waals surface area (Å²) in [6.07, 6.45) is 19.6. The van der Waals surface area contributed by atoms with E-state index < -0.39 is 6.16 Å². The second-order valence-electron chi connectivity index (χ2n) is 10.9. The molecule has 0 saturated carbocycles. The summed E-state index contributed by atoms with van der Waals surface area (Å²) in [6.45, 7) is 4.58. The molecule has 224 valence electrons. The van der Waals surface area contributed by atoms with E-state index in [0.29, 0.717) is 0 Å². The Morgan fingerprint density at radius 3 is 1.22 bits per heavy atom. The summed E-state index contributed by atoms with van der Waals surface area (Å²) in [7, 11) is -0.0555. The predicted octanol–water partition coefficient (Wildman–Crippen LogP) is 10.3. The molecule has 0 spiro atoms. The number of carboxylic acid groups (broad SMARTS) is 2. The highest BCUT2D eigenvalue weighted by Gasteiger charge is 2.28. The molecule has 3 rings (SSSR count). The summed E-state index contributed by atoms with van der Waals surface area (Å²) >= 11 is 0. The lowest BCUT2D eigenvalue weighted by Gasteiger charge is -2.10. The van der Waals surface area contributed by atoms with Crippen LogP contribution < -0.4 is 5.11 Å². The average molecular weight is 577 g/mol. The molecular weight excluding hydrogens is 524 g/mol. The van der Waals surface area contributed by atoms with Gasteiger partial charge in [-0.1, -0.05) is 133 Å². The summed E-state index contributed by atoms with van der Waals surface area (Å²) in [5, 5.41) is 15.3. The minimum Gasteiger partial charge on any atom is -0.565 e. The van der Waals surface area contributed by atoms with Crippen LogP contribution in [-0.2, 0) is 23.7 Å². The molecule has 3 aromatic carbocycles. The lowest BCUT2D eigenvalue weighted by molar-refractivity contribution is -0.275. The zero-order valence-electron chi connectivity index (χ0n) is 25.5. The minimum absolute atomic E-state index is 0.0555. The van der Waals surface area contributed by atoms with Crippen LogP contribution in [0.3, 0.4) is 0 Å². The maximum Gasteiger partial charge on any atom is 0.249 e. The van der Waals surface area contributed by atoms with Crippen LogP contribution in [0.2, 0.25) is 0 Å². The van der Waals surface area contributed by atoms with Gasteiger partial charge in [0.2, 0.25) is 6.16 Å². The smallest absolute Gasteiger partial charge is 0.249 e. The maximum atomic E-state index is 8.44. The molecule has 0 fully saturated rings. The van der Waals surface area contributed by atoms with E-state index >= 15 is 0 Å². The second-order valence-corrected chi connectivity index (χ2v) is 12.9. The Balaban J connectivity index is 0.00000138. The molecule has 1 N–H and O–H groups in total. The van der Waals surface area contributed by atoms with Gasteiger partial charge in [0.25, 0.3) is 0 Å². The molecule has 3 nitrogen and oxygen atoms in total. The molecule has 0 aromatic heterocycles. The number of carbonyl (C=O) groups is 1. The molecule has 3 aromatic rings. The van der Waals surface area contributed by atoms with E-state index in [-0.39, 0.29) is 10.9 Å². The molecule has 0 bridgehead atoms. The largest absolute Gasteiger partial charge is 0.565 e. The van der Waals surface area contributed by atoms with Gasteiger partial charge in [0.1, 0.15) is 0 Å². The van der Waals surface area contributed by atoms with E-state index in [2.05, 4.69) is 92.7 Å². The fourth-order valence-electron chi connectivity index (χ4n) is 5.12. The predicted molar refractivity (Wildman–Crippen MR) is 173 cm³/mol. The third-order valence-corrected chi connectivity index (χ3v) is 9.67. The first-order valence-corrected chi connectivity index (χ1v) is 17.1. The van der Waals surface area contributed by atoms with Crippen molar-refractivity contribution >= 4 is 17.1 Å². The number of hydrogen-bond donors (Lipinski definition) is 1. The van der Waals surface area contributed by atoms with Crippen LogP contribution in [0.25, 0.3) is 0 Å². The summed E-state index contributed by atoms with van der Waals surface area (Å²) in [5.74, 6) is 0. The first-order valence-electron chi connectivity index (χ1n) is 15.9. The van der Waals surface area contributed by atoms with Gasteiger partial charge < -0.3 is 15.0 Å². The Bertz CT molecular complexity index is 982. The summed E-state index contributed by atoms with van der Waals surface area (Å²) in [6, 6.07) is 30.1. The monoisotopic (exact) mass is 576 g/mol. The molecule has 41 heavy (non-hydrogen) atoms. The van der Waals surface area contributed by atoms with Crippen LogP contribution in [0.15, 0.2) is 93.5 Å². The summed E-state index contributed by atoms with van der Waals surface area (Å²) in [4.78, 5) is 12.7. The Kier molecular flexibility index (Phi) is 18.5. The van der Waals surface area contributed by atoms with Crippen molar-refractivity contribution in [3.05, 3.63) is 90.0 Å². The summed E-state index contributed by atoms with van der Waals surface area (Å²) in [5.41, 5.74) is 2.97. The van der Waals surface area contributed by atoms with Crippen LogP contribution in [0.5, 0.6) is 0 Å². The first-order chi connectivity index (χ1) is 20.0. The van der Waals surface area contributed by atoms with Gasteiger partial charge in [-0.15, -0.1) is 0 Å². The highest BCUT2D eigenvalue weighted by atomic mass is 32.2. The lowest BCUT2D eigenvalue weighted by atomic mass is 10.0. The van der Waals surface area contributed by atoms with Crippen molar-refractivity contribution in [1.82, 2.24) is 0 Å². The molecule has 0 saturated heterocycles. The molecule has 0 aliphatic rings. The van der Waals surface area contributed by atoms with Gasteiger partial charge in [0, 0.05) is 0 Å². The molecule has 0 atom stereocenters. The van der Waals surface area contributed by atoms with E-state index in [1.54, 1.807) is 0 Å². The minimum atomic E-state index is -2.08. The number of aryl methyl sites for hydroxylation is 2. The molecule has 0 aliphatic carbocycles. The van der Waals surface area contributed by atoms with Gasteiger partial charge in [-0.25, -0.2) is 0 Å². The number of benzene rings is 3. The SMILES string of the molecule is CCCCCCCCCc1ccc([S+](c2ccccc2)c2ccc(CCCCCCCCC)cc2)cc1.O=C([O-])O. The quantitative estimate of drug-likeness (QED) is 0.114. The lowest BCUT2D eigenvalue weighted by Crippen LogP contribution is -2.17. The van der Waals surface area contributed by atoms with Gasteiger partial charge in [-0.05, 0) is 73.2 Å². The first kappa shape index (κ1) is 34.5. The van der Waals surface area contributed by atoms with Gasteiger partial charge in [-0.3, -0.25) is 0 Å². The standard InChI is InChI=1S/C36H51S.CH2O3/c1-3-5-7-9-11-13-16-20-32-24-28-35(29-25-32)37(34-22-18-15-19-23-34)36-30-26-33(27-31-36)21-17-14-12-10-8-6-4-2;2-1(3)4/h15,18-19,22-31H,3-14,16-17,20-21H2,1-2H3;(H2,2,3,4)/q+1;/p-1. The zero-order valence-corrected chi connectivity index (χ0v) is 26.3. The highest BCUT2D eigenvalue weighted by Crippen LogP contribution is 2.32. The molecule has 0 amide bonds. The normalized spacial score (nSPS) is 10.8. The molecular formula is C37H52O3S. The summed E-state index contributed by atoms with van der Waals surface area (Å²) < 4.78 is 0. The third-order valence-electron chi connectivity index (χ3n) is 7.44. The van der Waals surface area contributed by atoms with Crippen LogP contribution >= 0.6 is 0 Å². The zero-order chi connectivity index (χ0) is 29.5. The van der Waals surface area contributed by atoms with E-state index in [0.717, 1.165) is 0 Å². The van der Waals surface area contributed by atoms with Crippen LogP contribution in [0.1, 0.15) is 115 Å². The molecule has 0 aliphatic heterocycles. The van der Waals surface area contributed by atoms with Crippen molar-refractivity contribution in [3.63, 3.8) is 0 Å². The molecule has 0 radical (unpaired) electrons. The van der Waals surface area contributed by atoms with Crippen molar-refractivity contribution in [2.45, 2.75) is 131 Å². The van der Waals surface area contributed by atoms with Gasteiger partial charge in [0.05, 0.1) is 10.9 Å². The highest BCUT2D eigenvalue weighted by molar-refractivity contribution is 7.97. The van der Waals surface area contributed by atoms with Crippen molar-refractivity contribution in [3.8, 4) is 0 Å². The number of rotatable bonds is 19. The van der Waals surface area contributed by atoms with Crippen LogP contribution in [0, 0.1) is 0 Å². The third kappa shape index (κ3) is 15.2. The van der Waals surface area contributed by atoms with Gasteiger partial charge in [-0.2, -0.15) is 0 Å². The second kappa shape index (κ2) is 22.0. The van der Waals surface area contributed by atoms with Gasteiger partial charge in [0.15, 0.2) is 14.7 Å². The van der Waals surface area contributed by atoms with E-state index in [9.17, 15) is 0 Å². The molecule has 0 unspecified atom stereocenters. The Morgan fingerprint density at radius 2 is 0.854 bits per heavy atom. The number of hydrogen-bond acceptors (Lipinski definition) is 2.